The van der Waals surface area contributed by atoms with Crippen LogP contribution >= 0.6 is 15.9 Å². The maximum Gasteiger partial charge on any atom is 0.0318 e. The quantitative estimate of drug-likeness (QED) is 0.812. The van der Waals surface area contributed by atoms with Crippen LogP contribution < -0.4 is 5.32 Å². The molecule has 0 bridgehead atoms. The standard InChI is InChI=1S/C17H20BrN/c1-2-17(15-9-6-10-16(18)13-15)19-12-11-14-7-4-3-5-8-14/h3-10,13,17,19H,2,11-12H2,1H3. The predicted octanol–water partition coefficient (Wildman–Crippen LogP) is 4.73. The van der Waals surface area contributed by atoms with E-state index in [1.165, 1.54) is 11.1 Å². The van der Waals surface area contributed by atoms with Crippen molar-refractivity contribution in [3.05, 3.63) is 70.2 Å². The summed E-state index contributed by atoms with van der Waals surface area (Å²) in [5, 5.41) is 3.64. The Morgan fingerprint density at radius 1 is 1.05 bits per heavy atom. The Kier molecular flexibility index (Phi) is 5.62. The molecule has 0 heterocycles. The number of rotatable bonds is 6. The van der Waals surface area contributed by atoms with Gasteiger partial charge >= 0.3 is 0 Å². The minimum Gasteiger partial charge on any atom is -0.310 e. The van der Waals surface area contributed by atoms with Gasteiger partial charge in [-0.05, 0) is 42.6 Å². The fraction of sp³-hybridized carbons (Fsp3) is 0.294. The molecule has 0 aliphatic rings. The molecule has 0 fully saturated rings. The summed E-state index contributed by atoms with van der Waals surface area (Å²) in [7, 11) is 0. The van der Waals surface area contributed by atoms with Gasteiger partial charge in [-0.3, -0.25) is 0 Å². The second-order valence-electron chi connectivity index (χ2n) is 4.71. The molecule has 0 spiro atoms. The second-order valence-corrected chi connectivity index (χ2v) is 5.62. The Morgan fingerprint density at radius 3 is 2.53 bits per heavy atom. The molecule has 1 unspecified atom stereocenters. The normalized spacial score (nSPS) is 12.3. The van der Waals surface area contributed by atoms with Gasteiger partial charge in [0.1, 0.15) is 0 Å². The highest BCUT2D eigenvalue weighted by Gasteiger charge is 2.08. The van der Waals surface area contributed by atoms with Crippen LogP contribution in [0, 0.1) is 0 Å². The van der Waals surface area contributed by atoms with Gasteiger partial charge in [-0.25, -0.2) is 0 Å². The zero-order chi connectivity index (χ0) is 13.5. The van der Waals surface area contributed by atoms with Gasteiger partial charge in [0.05, 0.1) is 0 Å². The van der Waals surface area contributed by atoms with Crippen molar-refractivity contribution < 1.29 is 0 Å². The summed E-state index contributed by atoms with van der Waals surface area (Å²) < 4.78 is 1.15. The first-order valence-corrected chi connectivity index (χ1v) is 7.61. The highest BCUT2D eigenvalue weighted by molar-refractivity contribution is 9.10. The third kappa shape index (κ3) is 4.48. The fourth-order valence-corrected chi connectivity index (χ4v) is 2.67. The fourth-order valence-electron chi connectivity index (χ4n) is 2.26. The Labute approximate surface area is 124 Å². The molecule has 0 aromatic heterocycles. The van der Waals surface area contributed by atoms with Gasteiger partial charge < -0.3 is 5.32 Å². The lowest BCUT2D eigenvalue weighted by Crippen LogP contribution is -2.23. The van der Waals surface area contributed by atoms with Crippen molar-refractivity contribution in [2.75, 3.05) is 6.54 Å². The zero-order valence-corrected chi connectivity index (χ0v) is 12.9. The van der Waals surface area contributed by atoms with Crippen LogP contribution in [0.25, 0.3) is 0 Å². The minimum absolute atomic E-state index is 0.432. The summed E-state index contributed by atoms with van der Waals surface area (Å²) in [4.78, 5) is 0. The molecule has 0 saturated heterocycles. The third-order valence-electron chi connectivity index (χ3n) is 3.31. The van der Waals surface area contributed by atoms with Crippen LogP contribution in [0.1, 0.15) is 30.5 Å². The average molecular weight is 318 g/mol. The molecule has 0 amide bonds. The maximum atomic E-state index is 3.64. The summed E-state index contributed by atoms with van der Waals surface area (Å²) >= 11 is 3.54. The zero-order valence-electron chi connectivity index (χ0n) is 11.3. The lowest BCUT2D eigenvalue weighted by atomic mass is 10.0. The smallest absolute Gasteiger partial charge is 0.0318 e. The Hall–Kier alpha value is -1.12. The van der Waals surface area contributed by atoms with Crippen molar-refractivity contribution in [1.29, 1.82) is 0 Å². The van der Waals surface area contributed by atoms with E-state index in [-0.39, 0.29) is 0 Å². The van der Waals surface area contributed by atoms with E-state index in [4.69, 9.17) is 0 Å². The van der Waals surface area contributed by atoms with E-state index in [9.17, 15) is 0 Å². The van der Waals surface area contributed by atoms with Crippen LogP contribution in [-0.2, 0) is 6.42 Å². The van der Waals surface area contributed by atoms with Crippen LogP contribution in [0.4, 0.5) is 0 Å². The number of nitrogens with one attached hydrogen (secondary N) is 1. The van der Waals surface area contributed by atoms with Crippen molar-refractivity contribution in [3.8, 4) is 0 Å². The highest BCUT2D eigenvalue weighted by atomic mass is 79.9. The molecule has 1 nitrogen and oxygen atoms in total. The summed E-state index contributed by atoms with van der Waals surface area (Å²) in [6.07, 6.45) is 2.18. The van der Waals surface area contributed by atoms with Gasteiger partial charge in [0.2, 0.25) is 0 Å². The van der Waals surface area contributed by atoms with Gasteiger partial charge in [0.25, 0.3) is 0 Å². The Balaban J connectivity index is 1.89. The van der Waals surface area contributed by atoms with E-state index in [1.807, 2.05) is 0 Å². The van der Waals surface area contributed by atoms with Crippen molar-refractivity contribution in [2.24, 2.45) is 0 Å². The van der Waals surface area contributed by atoms with Gasteiger partial charge in [0, 0.05) is 10.5 Å². The molecule has 2 heteroatoms. The lowest BCUT2D eigenvalue weighted by molar-refractivity contribution is 0.522. The van der Waals surface area contributed by atoms with Crippen molar-refractivity contribution in [2.45, 2.75) is 25.8 Å². The van der Waals surface area contributed by atoms with Crippen LogP contribution in [0.5, 0.6) is 0 Å². The predicted molar refractivity (Wildman–Crippen MR) is 85.3 cm³/mol. The molecule has 2 rings (SSSR count). The molecule has 100 valence electrons. The van der Waals surface area contributed by atoms with Crippen LogP contribution in [0.2, 0.25) is 0 Å². The van der Waals surface area contributed by atoms with Crippen LogP contribution in [0.3, 0.4) is 0 Å². The maximum absolute atomic E-state index is 3.64. The summed E-state index contributed by atoms with van der Waals surface area (Å²) in [6.45, 7) is 3.23. The number of hydrogen-bond donors (Lipinski definition) is 1. The van der Waals surface area contributed by atoms with E-state index in [2.05, 4.69) is 82.8 Å². The summed E-state index contributed by atoms with van der Waals surface area (Å²) in [6, 6.07) is 19.6. The highest BCUT2D eigenvalue weighted by Crippen LogP contribution is 2.20. The van der Waals surface area contributed by atoms with E-state index in [0.717, 1.165) is 23.9 Å². The van der Waals surface area contributed by atoms with Gasteiger partial charge in [-0.2, -0.15) is 0 Å². The van der Waals surface area contributed by atoms with Crippen LogP contribution in [-0.4, -0.2) is 6.54 Å². The Bertz CT molecular complexity index is 496. The monoisotopic (exact) mass is 317 g/mol. The molecule has 2 aromatic carbocycles. The largest absolute Gasteiger partial charge is 0.310 e. The Morgan fingerprint density at radius 2 is 1.84 bits per heavy atom. The summed E-state index contributed by atoms with van der Waals surface area (Å²) in [5.41, 5.74) is 2.74. The number of halogens is 1. The van der Waals surface area contributed by atoms with E-state index < -0.39 is 0 Å². The first-order valence-electron chi connectivity index (χ1n) is 6.82. The van der Waals surface area contributed by atoms with E-state index in [0.29, 0.717) is 6.04 Å². The molecule has 0 radical (unpaired) electrons. The molecule has 19 heavy (non-hydrogen) atoms. The third-order valence-corrected chi connectivity index (χ3v) is 3.80. The van der Waals surface area contributed by atoms with Crippen molar-refractivity contribution in [1.82, 2.24) is 5.32 Å². The molecule has 0 aliphatic carbocycles. The SMILES string of the molecule is CCC(NCCc1ccccc1)c1cccc(Br)c1. The van der Waals surface area contributed by atoms with Crippen molar-refractivity contribution >= 4 is 15.9 Å². The average Bonchev–Trinajstić information content (AvgIpc) is 2.45. The molecule has 0 aliphatic heterocycles. The molecular formula is C17H20BrN. The van der Waals surface area contributed by atoms with Crippen molar-refractivity contribution in [3.63, 3.8) is 0 Å². The molecule has 1 atom stereocenters. The van der Waals surface area contributed by atoms with Gasteiger partial charge in [0.15, 0.2) is 0 Å². The molecular weight excluding hydrogens is 298 g/mol. The molecule has 0 saturated carbocycles. The first-order chi connectivity index (χ1) is 9.29. The topological polar surface area (TPSA) is 12.0 Å². The van der Waals surface area contributed by atoms with Gasteiger partial charge in [-0.15, -0.1) is 0 Å². The number of hydrogen-bond acceptors (Lipinski definition) is 1. The second kappa shape index (κ2) is 7.46. The minimum atomic E-state index is 0.432. The summed E-state index contributed by atoms with van der Waals surface area (Å²) in [5.74, 6) is 0. The number of benzene rings is 2. The lowest BCUT2D eigenvalue weighted by Gasteiger charge is -2.17. The molecule has 1 N–H and O–H groups in total. The van der Waals surface area contributed by atoms with Crippen LogP contribution in [0.15, 0.2) is 59.1 Å². The van der Waals surface area contributed by atoms with Gasteiger partial charge in [-0.1, -0.05) is 65.3 Å². The van der Waals surface area contributed by atoms with E-state index >= 15 is 0 Å². The first kappa shape index (κ1) is 14.3. The van der Waals surface area contributed by atoms with E-state index in [1.54, 1.807) is 0 Å². The molecule has 2 aromatic rings.